The van der Waals surface area contributed by atoms with E-state index in [9.17, 15) is 4.39 Å². The van der Waals surface area contributed by atoms with Crippen LogP contribution in [0.1, 0.15) is 11.1 Å². The quantitative estimate of drug-likeness (QED) is 0.444. The van der Waals surface area contributed by atoms with Gasteiger partial charge in [-0.25, -0.2) is 9.07 Å². The topological polar surface area (TPSA) is 52.0 Å². The van der Waals surface area contributed by atoms with Gasteiger partial charge in [0.1, 0.15) is 11.6 Å². The van der Waals surface area contributed by atoms with E-state index in [2.05, 4.69) is 16.4 Å². The van der Waals surface area contributed by atoms with Gasteiger partial charge in [0.15, 0.2) is 0 Å². The Hall–Kier alpha value is -3.51. The number of halogens is 1. The fraction of sp³-hybridized carbons (Fsp3) is 0.167. The second-order valence-corrected chi connectivity index (χ2v) is 6.94. The van der Waals surface area contributed by atoms with Gasteiger partial charge in [-0.15, -0.1) is 0 Å². The maximum Gasteiger partial charge on any atom is 0.123 e. The van der Waals surface area contributed by atoms with Crippen molar-refractivity contribution >= 4 is 0 Å². The lowest BCUT2D eigenvalue weighted by atomic mass is 10.1. The van der Waals surface area contributed by atoms with E-state index in [0.717, 1.165) is 41.2 Å². The largest absolute Gasteiger partial charge is 0.497 e. The van der Waals surface area contributed by atoms with Gasteiger partial charge < -0.3 is 10.1 Å². The zero-order valence-electron chi connectivity index (χ0n) is 16.8. The van der Waals surface area contributed by atoms with Gasteiger partial charge in [-0.3, -0.25) is 4.98 Å². The highest BCUT2D eigenvalue weighted by atomic mass is 19.1. The van der Waals surface area contributed by atoms with Crippen LogP contribution in [0.25, 0.3) is 16.9 Å². The first-order valence-corrected chi connectivity index (χ1v) is 9.81. The van der Waals surface area contributed by atoms with Crippen LogP contribution < -0.4 is 10.1 Å². The number of nitrogens with zero attached hydrogens (tertiary/aromatic N) is 3. The molecular weight excluding hydrogens is 379 g/mol. The molecule has 0 aliphatic carbocycles. The summed E-state index contributed by atoms with van der Waals surface area (Å²) in [4.78, 5) is 4.15. The highest BCUT2D eigenvalue weighted by Crippen LogP contribution is 2.25. The third-order valence-electron chi connectivity index (χ3n) is 4.85. The lowest BCUT2D eigenvalue weighted by Crippen LogP contribution is -2.16. The van der Waals surface area contributed by atoms with E-state index < -0.39 is 0 Å². The third-order valence-corrected chi connectivity index (χ3v) is 4.85. The zero-order chi connectivity index (χ0) is 20.8. The molecule has 0 amide bonds. The van der Waals surface area contributed by atoms with E-state index in [-0.39, 0.29) is 5.82 Å². The van der Waals surface area contributed by atoms with Crippen molar-refractivity contribution in [3.63, 3.8) is 0 Å². The predicted octanol–water partition coefficient (Wildman–Crippen LogP) is 4.41. The van der Waals surface area contributed by atoms with Crippen molar-refractivity contribution in [2.45, 2.75) is 13.0 Å². The van der Waals surface area contributed by atoms with Gasteiger partial charge in [-0.05, 0) is 61.0 Å². The summed E-state index contributed by atoms with van der Waals surface area (Å²) in [6, 6.07) is 18.2. The van der Waals surface area contributed by atoms with Crippen LogP contribution in [0.2, 0.25) is 0 Å². The Morgan fingerprint density at radius 3 is 2.67 bits per heavy atom. The fourth-order valence-electron chi connectivity index (χ4n) is 3.29. The van der Waals surface area contributed by atoms with Gasteiger partial charge in [0.25, 0.3) is 0 Å². The number of rotatable bonds is 8. The Morgan fingerprint density at radius 1 is 1.07 bits per heavy atom. The normalized spacial score (nSPS) is 10.9. The molecule has 0 atom stereocenters. The molecular formula is C24H23FN4O. The summed E-state index contributed by atoms with van der Waals surface area (Å²) in [5.74, 6) is 0.510. The maximum atomic E-state index is 13.8. The number of pyridine rings is 1. The molecule has 0 saturated heterocycles. The molecule has 0 saturated carbocycles. The molecule has 30 heavy (non-hydrogen) atoms. The average molecular weight is 402 g/mol. The highest BCUT2D eigenvalue weighted by Gasteiger charge is 2.13. The molecule has 0 bridgehead atoms. The molecule has 2 aromatic carbocycles. The van der Waals surface area contributed by atoms with Crippen molar-refractivity contribution in [3.8, 4) is 22.7 Å². The van der Waals surface area contributed by atoms with E-state index >= 15 is 0 Å². The first-order chi connectivity index (χ1) is 14.7. The van der Waals surface area contributed by atoms with E-state index in [4.69, 9.17) is 9.84 Å². The number of nitrogens with one attached hydrogen (secondary N) is 1. The Bertz CT molecular complexity index is 1090. The molecule has 4 rings (SSSR count). The third kappa shape index (κ3) is 4.72. The van der Waals surface area contributed by atoms with Crippen LogP contribution in [-0.4, -0.2) is 28.4 Å². The second kappa shape index (κ2) is 9.33. The lowest BCUT2D eigenvalue weighted by molar-refractivity contribution is 0.414. The monoisotopic (exact) mass is 402 g/mol. The second-order valence-electron chi connectivity index (χ2n) is 6.94. The Morgan fingerprint density at radius 2 is 1.93 bits per heavy atom. The van der Waals surface area contributed by atoms with Crippen LogP contribution in [0.3, 0.4) is 0 Å². The van der Waals surface area contributed by atoms with Crippen molar-refractivity contribution in [2.24, 2.45) is 0 Å². The van der Waals surface area contributed by atoms with Gasteiger partial charge in [0.05, 0.1) is 18.5 Å². The molecule has 0 radical (unpaired) electrons. The highest BCUT2D eigenvalue weighted by molar-refractivity contribution is 5.63. The summed E-state index contributed by atoms with van der Waals surface area (Å²) in [5, 5.41) is 8.21. The molecule has 0 aliphatic rings. The summed E-state index contributed by atoms with van der Waals surface area (Å²) in [6.45, 7) is 1.43. The molecule has 152 valence electrons. The summed E-state index contributed by atoms with van der Waals surface area (Å²) in [7, 11) is 1.64. The number of hydrogen-bond acceptors (Lipinski definition) is 4. The molecule has 5 nitrogen and oxygen atoms in total. The molecule has 0 aliphatic heterocycles. The first kappa shape index (κ1) is 19.8. The minimum absolute atomic E-state index is 0.276. The molecule has 2 heterocycles. The van der Waals surface area contributed by atoms with Crippen LogP contribution in [0.5, 0.6) is 5.75 Å². The summed E-state index contributed by atoms with van der Waals surface area (Å²) in [5.41, 5.74) is 4.62. The van der Waals surface area contributed by atoms with Crippen molar-refractivity contribution in [1.82, 2.24) is 20.1 Å². The number of aromatic nitrogens is 3. The number of hydrogen-bond donors (Lipinski definition) is 1. The van der Waals surface area contributed by atoms with Gasteiger partial charge in [0.2, 0.25) is 0 Å². The van der Waals surface area contributed by atoms with Crippen molar-refractivity contribution in [1.29, 1.82) is 0 Å². The minimum atomic E-state index is -0.276. The molecule has 0 spiro atoms. The van der Waals surface area contributed by atoms with Gasteiger partial charge in [-0.2, -0.15) is 5.10 Å². The van der Waals surface area contributed by atoms with Crippen LogP contribution in [0.4, 0.5) is 4.39 Å². The Labute approximate surface area is 175 Å². The minimum Gasteiger partial charge on any atom is -0.497 e. The molecule has 2 aromatic heterocycles. The number of ether oxygens (including phenoxy) is 1. The molecule has 4 aromatic rings. The van der Waals surface area contributed by atoms with Crippen LogP contribution in [0.15, 0.2) is 79.3 Å². The first-order valence-electron chi connectivity index (χ1n) is 9.81. The zero-order valence-corrected chi connectivity index (χ0v) is 16.8. The van der Waals surface area contributed by atoms with E-state index in [0.29, 0.717) is 6.54 Å². The van der Waals surface area contributed by atoms with E-state index in [1.165, 1.54) is 17.7 Å². The average Bonchev–Trinajstić information content (AvgIpc) is 3.22. The SMILES string of the molecule is COc1ccc(-n2cc(CNCCc3cccnc3)c(-c3cccc(F)c3)n2)cc1. The summed E-state index contributed by atoms with van der Waals surface area (Å²) in [6.07, 6.45) is 6.52. The Kier molecular flexibility index (Phi) is 6.15. The number of methoxy groups -OCH3 is 1. The standard InChI is InChI=1S/C24H23FN4O/c1-30-23-9-7-22(8-10-23)29-17-20(16-27-13-11-18-4-3-12-26-15-18)24(28-29)19-5-2-6-21(25)14-19/h2-10,12,14-15,17,27H,11,13,16H2,1H3. The van der Waals surface area contributed by atoms with Crippen molar-refractivity contribution < 1.29 is 9.13 Å². The molecule has 1 N–H and O–H groups in total. The van der Waals surface area contributed by atoms with Gasteiger partial charge in [-0.1, -0.05) is 18.2 Å². The maximum absolute atomic E-state index is 13.8. The van der Waals surface area contributed by atoms with Crippen molar-refractivity contribution in [3.05, 3.63) is 96.2 Å². The number of benzene rings is 2. The van der Waals surface area contributed by atoms with E-state index in [1.807, 2.05) is 53.5 Å². The predicted molar refractivity (Wildman–Crippen MR) is 115 cm³/mol. The van der Waals surface area contributed by atoms with Gasteiger partial charge >= 0.3 is 0 Å². The van der Waals surface area contributed by atoms with Crippen LogP contribution in [-0.2, 0) is 13.0 Å². The van der Waals surface area contributed by atoms with Crippen molar-refractivity contribution in [2.75, 3.05) is 13.7 Å². The van der Waals surface area contributed by atoms with Gasteiger partial charge in [0, 0.05) is 36.3 Å². The Balaban J connectivity index is 1.56. The van der Waals surface area contributed by atoms with E-state index in [1.54, 1.807) is 19.4 Å². The molecule has 6 heteroatoms. The lowest BCUT2D eigenvalue weighted by Gasteiger charge is -2.05. The fourth-order valence-corrected chi connectivity index (χ4v) is 3.29. The smallest absolute Gasteiger partial charge is 0.123 e. The summed E-state index contributed by atoms with van der Waals surface area (Å²) >= 11 is 0. The molecule has 0 unspecified atom stereocenters. The summed E-state index contributed by atoms with van der Waals surface area (Å²) < 4.78 is 20.9. The molecule has 0 fully saturated rings. The van der Waals surface area contributed by atoms with Crippen LogP contribution in [0, 0.1) is 5.82 Å². The van der Waals surface area contributed by atoms with Crippen LogP contribution >= 0.6 is 0 Å².